The lowest BCUT2D eigenvalue weighted by Gasteiger charge is -2.33. The summed E-state index contributed by atoms with van der Waals surface area (Å²) in [6, 6.07) is 0.327. The maximum Gasteiger partial charge on any atom is 0.206 e. The molecule has 120 valence electrons. The molecule has 0 amide bonds. The van der Waals surface area contributed by atoms with Crippen molar-refractivity contribution in [2.24, 2.45) is 5.92 Å². The Hall–Kier alpha value is -1.07. The van der Waals surface area contributed by atoms with Gasteiger partial charge in [0.1, 0.15) is 0 Å². The van der Waals surface area contributed by atoms with Crippen molar-refractivity contribution in [1.82, 2.24) is 14.9 Å². The number of ether oxygens (including phenoxy) is 1. The van der Waals surface area contributed by atoms with Gasteiger partial charge in [-0.15, -0.1) is 0 Å². The van der Waals surface area contributed by atoms with Gasteiger partial charge in [0.2, 0.25) is 5.95 Å². The van der Waals surface area contributed by atoms with Gasteiger partial charge in [-0.05, 0) is 45.7 Å². The molecule has 5 nitrogen and oxygen atoms in total. The summed E-state index contributed by atoms with van der Waals surface area (Å²) in [6.07, 6.45) is 5.66. The molecular formula is C16H30N4O. The smallest absolute Gasteiger partial charge is 0.206 e. The summed E-state index contributed by atoms with van der Waals surface area (Å²) in [5.41, 5.74) is 1.17. The third kappa shape index (κ3) is 3.98. The predicted molar refractivity (Wildman–Crippen MR) is 87.1 cm³/mol. The minimum absolute atomic E-state index is 0.327. The highest BCUT2D eigenvalue weighted by atomic mass is 16.5. The van der Waals surface area contributed by atoms with Crippen LogP contribution < -0.4 is 10.2 Å². The quantitative estimate of drug-likeness (QED) is 0.836. The van der Waals surface area contributed by atoms with Crippen molar-refractivity contribution in [2.45, 2.75) is 39.2 Å². The number of nitrogens with one attached hydrogen (secondary N) is 1. The summed E-state index contributed by atoms with van der Waals surface area (Å²) < 4.78 is 7.61. The topological polar surface area (TPSA) is 42.3 Å². The molecule has 0 bridgehead atoms. The molecule has 0 aliphatic carbocycles. The van der Waals surface area contributed by atoms with Crippen LogP contribution >= 0.6 is 0 Å². The number of methoxy groups -OCH3 is 1. The number of piperidine rings is 1. The Balaban J connectivity index is 2.10. The van der Waals surface area contributed by atoms with Crippen molar-refractivity contribution in [2.75, 3.05) is 45.3 Å². The Labute approximate surface area is 128 Å². The lowest BCUT2D eigenvalue weighted by molar-refractivity contribution is 0.162. The first-order chi connectivity index (χ1) is 10.2. The van der Waals surface area contributed by atoms with Crippen molar-refractivity contribution in [1.29, 1.82) is 0 Å². The van der Waals surface area contributed by atoms with Gasteiger partial charge in [0.05, 0.1) is 18.3 Å². The molecule has 2 rings (SSSR count). The summed E-state index contributed by atoms with van der Waals surface area (Å²) in [7, 11) is 3.80. The van der Waals surface area contributed by atoms with Crippen molar-refractivity contribution < 1.29 is 4.74 Å². The first kappa shape index (κ1) is 16.3. The number of imidazole rings is 1. The van der Waals surface area contributed by atoms with Crippen LogP contribution in [0.1, 0.15) is 38.4 Å². The number of nitrogens with zero attached hydrogens (tertiary/aromatic N) is 3. The van der Waals surface area contributed by atoms with Gasteiger partial charge >= 0.3 is 0 Å². The third-order valence-electron chi connectivity index (χ3n) is 4.40. The summed E-state index contributed by atoms with van der Waals surface area (Å²) in [5, 5.41) is 3.30. The normalized spacial score (nSPS) is 18.2. The lowest BCUT2D eigenvalue weighted by Crippen LogP contribution is -2.38. The van der Waals surface area contributed by atoms with Gasteiger partial charge < -0.3 is 19.5 Å². The van der Waals surface area contributed by atoms with Gasteiger partial charge in [0, 0.05) is 26.4 Å². The summed E-state index contributed by atoms with van der Waals surface area (Å²) in [6.45, 7) is 8.42. The molecule has 5 heteroatoms. The number of rotatable bonds is 7. The molecule has 0 aromatic carbocycles. The number of anilines is 1. The lowest BCUT2D eigenvalue weighted by atomic mass is 9.97. The highest BCUT2D eigenvalue weighted by molar-refractivity contribution is 5.35. The highest BCUT2D eigenvalue weighted by Crippen LogP contribution is 2.25. The molecule has 0 radical (unpaired) electrons. The van der Waals surface area contributed by atoms with E-state index in [2.05, 4.69) is 34.8 Å². The minimum atomic E-state index is 0.327. The third-order valence-corrected chi connectivity index (χ3v) is 4.40. The van der Waals surface area contributed by atoms with Crippen LogP contribution in [0, 0.1) is 5.92 Å². The Bertz CT molecular complexity index is 424. The molecule has 1 aliphatic heterocycles. The predicted octanol–water partition coefficient (Wildman–Crippen LogP) is 2.09. The molecule has 2 heterocycles. The molecule has 0 saturated carbocycles. The van der Waals surface area contributed by atoms with E-state index in [-0.39, 0.29) is 0 Å². The molecule has 21 heavy (non-hydrogen) atoms. The van der Waals surface area contributed by atoms with Crippen LogP contribution in [0.4, 0.5) is 5.95 Å². The van der Waals surface area contributed by atoms with E-state index < -0.39 is 0 Å². The zero-order chi connectivity index (χ0) is 15.2. The van der Waals surface area contributed by atoms with Crippen molar-refractivity contribution in [3.05, 3.63) is 11.9 Å². The van der Waals surface area contributed by atoms with Gasteiger partial charge in [0.25, 0.3) is 0 Å². The second-order valence-electron chi connectivity index (χ2n) is 6.09. The van der Waals surface area contributed by atoms with E-state index in [1.54, 1.807) is 7.11 Å². The Morgan fingerprint density at radius 1 is 1.43 bits per heavy atom. The van der Waals surface area contributed by atoms with Gasteiger partial charge in [0.15, 0.2) is 0 Å². The zero-order valence-corrected chi connectivity index (χ0v) is 13.9. The van der Waals surface area contributed by atoms with E-state index in [1.165, 1.54) is 18.5 Å². The van der Waals surface area contributed by atoms with Gasteiger partial charge in [-0.3, -0.25) is 0 Å². The van der Waals surface area contributed by atoms with Crippen LogP contribution in [0.5, 0.6) is 0 Å². The van der Waals surface area contributed by atoms with Gasteiger partial charge in [-0.1, -0.05) is 6.92 Å². The minimum Gasteiger partial charge on any atom is -0.383 e. The Morgan fingerprint density at radius 2 is 2.14 bits per heavy atom. The number of hydrogen-bond donors (Lipinski definition) is 1. The van der Waals surface area contributed by atoms with Gasteiger partial charge in [-0.25, -0.2) is 4.98 Å². The monoisotopic (exact) mass is 294 g/mol. The van der Waals surface area contributed by atoms with Crippen LogP contribution in [-0.4, -0.2) is 49.9 Å². The maximum atomic E-state index is 5.32. The van der Waals surface area contributed by atoms with E-state index in [0.717, 1.165) is 44.5 Å². The number of aryl methyl sites for hydroxylation is 1. The highest BCUT2D eigenvalue weighted by Gasteiger charge is 2.23. The Morgan fingerprint density at radius 3 is 2.71 bits per heavy atom. The van der Waals surface area contributed by atoms with Crippen molar-refractivity contribution in [3.63, 3.8) is 0 Å². The van der Waals surface area contributed by atoms with E-state index in [1.807, 2.05) is 7.05 Å². The second-order valence-corrected chi connectivity index (χ2v) is 6.09. The summed E-state index contributed by atoms with van der Waals surface area (Å²) in [4.78, 5) is 7.29. The second kappa shape index (κ2) is 7.80. The van der Waals surface area contributed by atoms with E-state index in [9.17, 15) is 0 Å². The Kier molecular flexibility index (Phi) is 6.06. The van der Waals surface area contributed by atoms with Crippen LogP contribution in [0.2, 0.25) is 0 Å². The van der Waals surface area contributed by atoms with Crippen LogP contribution in [-0.2, 0) is 11.2 Å². The van der Waals surface area contributed by atoms with Crippen LogP contribution in [0.15, 0.2) is 6.20 Å². The fraction of sp³-hybridized carbons (Fsp3) is 0.812. The average Bonchev–Trinajstić information content (AvgIpc) is 2.93. The molecule has 1 atom stereocenters. The standard InChI is InChI=1S/C16H30N4O/c1-5-15-11-20(13(2)12-21-4)16(18-15)19-8-6-14(7-9-19)10-17-3/h11,13-14,17H,5-10,12H2,1-4H3. The van der Waals surface area contributed by atoms with Crippen molar-refractivity contribution >= 4 is 5.95 Å². The number of aromatic nitrogens is 2. The average molecular weight is 294 g/mol. The SMILES string of the molecule is CCc1cn(C(C)COC)c(N2CCC(CNC)CC2)n1. The summed E-state index contributed by atoms with van der Waals surface area (Å²) in [5.74, 6) is 1.93. The molecule has 1 aromatic heterocycles. The van der Waals surface area contributed by atoms with Crippen LogP contribution in [0.25, 0.3) is 0 Å². The molecule has 1 saturated heterocycles. The first-order valence-corrected chi connectivity index (χ1v) is 8.15. The largest absolute Gasteiger partial charge is 0.383 e. The van der Waals surface area contributed by atoms with Crippen molar-refractivity contribution in [3.8, 4) is 0 Å². The molecule has 1 fully saturated rings. The molecular weight excluding hydrogens is 264 g/mol. The fourth-order valence-electron chi connectivity index (χ4n) is 3.11. The molecule has 0 spiro atoms. The molecule has 1 aromatic rings. The van der Waals surface area contributed by atoms with E-state index >= 15 is 0 Å². The first-order valence-electron chi connectivity index (χ1n) is 8.15. The molecule has 1 aliphatic rings. The maximum absolute atomic E-state index is 5.32. The molecule has 1 N–H and O–H groups in total. The van der Waals surface area contributed by atoms with Crippen LogP contribution in [0.3, 0.4) is 0 Å². The van der Waals surface area contributed by atoms with E-state index in [0.29, 0.717) is 6.04 Å². The fourth-order valence-corrected chi connectivity index (χ4v) is 3.11. The molecule has 1 unspecified atom stereocenters. The summed E-state index contributed by atoms with van der Waals surface area (Å²) >= 11 is 0. The van der Waals surface area contributed by atoms with Gasteiger partial charge in [-0.2, -0.15) is 0 Å². The zero-order valence-electron chi connectivity index (χ0n) is 13.9. The number of hydrogen-bond acceptors (Lipinski definition) is 4. The van der Waals surface area contributed by atoms with E-state index in [4.69, 9.17) is 9.72 Å².